The molecule has 0 aliphatic heterocycles. The Morgan fingerprint density at radius 3 is 2.81 bits per heavy atom. The number of carboxylic acid groups (broad SMARTS) is 1. The average Bonchev–Trinajstić information content (AvgIpc) is 3.06. The molecule has 0 aromatic carbocycles. The van der Waals surface area contributed by atoms with Crippen LogP contribution in [0.1, 0.15) is 22.1 Å². The molecule has 0 saturated heterocycles. The molecule has 0 aliphatic carbocycles. The smallest absolute Gasteiger partial charge is 0.371 e. The number of aromatic nitrogens is 3. The minimum atomic E-state index is -1.14. The van der Waals surface area contributed by atoms with Crippen LogP contribution < -0.4 is 10.6 Å². The van der Waals surface area contributed by atoms with Gasteiger partial charge in [-0.2, -0.15) is 0 Å². The molecule has 2 rings (SSSR count). The van der Waals surface area contributed by atoms with E-state index < -0.39 is 5.97 Å². The van der Waals surface area contributed by atoms with Gasteiger partial charge in [0.05, 0.1) is 6.54 Å². The lowest BCUT2D eigenvalue weighted by Crippen LogP contribution is -2.36. The number of nitrogens with one attached hydrogen (secondary N) is 2. The Morgan fingerprint density at radius 1 is 1.38 bits per heavy atom. The zero-order valence-electron chi connectivity index (χ0n) is 11.4. The number of carbonyl (C=O) groups excluding carboxylic acids is 1. The Balaban J connectivity index is 1.69. The van der Waals surface area contributed by atoms with Gasteiger partial charge >= 0.3 is 12.0 Å². The van der Waals surface area contributed by atoms with Crippen LogP contribution in [0.2, 0.25) is 0 Å². The third-order valence-electron chi connectivity index (χ3n) is 2.73. The fraction of sp³-hybridized carbons (Fsp3) is 0.333. The van der Waals surface area contributed by atoms with Gasteiger partial charge in [0.15, 0.2) is 0 Å². The lowest BCUT2D eigenvalue weighted by Gasteiger charge is -2.06. The quantitative estimate of drug-likeness (QED) is 0.696. The number of hydrogen-bond donors (Lipinski definition) is 3. The summed E-state index contributed by atoms with van der Waals surface area (Å²) < 4.78 is 6.78. The fourth-order valence-electron chi connectivity index (χ4n) is 1.64. The van der Waals surface area contributed by atoms with Gasteiger partial charge in [0.2, 0.25) is 5.76 Å². The van der Waals surface area contributed by atoms with Crippen molar-refractivity contribution in [2.45, 2.75) is 13.0 Å². The van der Waals surface area contributed by atoms with Crippen molar-refractivity contribution in [3.63, 3.8) is 0 Å². The molecule has 0 unspecified atom stereocenters. The summed E-state index contributed by atoms with van der Waals surface area (Å²) in [6, 6.07) is 2.47. The molecule has 9 heteroatoms. The zero-order valence-corrected chi connectivity index (χ0v) is 11.4. The van der Waals surface area contributed by atoms with Crippen molar-refractivity contribution >= 4 is 12.0 Å². The molecule has 0 aliphatic rings. The number of nitrogens with zero attached hydrogens (tertiary/aromatic N) is 3. The third kappa shape index (κ3) is 4.06. The first-order chi connectivity index (χ1) is 10.1. The molecule has 2 aromatic heterocycles. The van der Waals surface area contributed by atoms with E-state index in [1.807, 2.05) is 7.05 Å². The summed E-state index contributed by atoms with van der Waals surface area (Å²) in [5.74, 6) is -0.160. The maximum absolute atomic E-state index is 11.5. The second kappa shape index (κ2) is 6.55. The number of furan rings is 1. The molecule has 0 fully saturated rings. The number of urea groups is 1. The molecule has 0 saturated carbocycles. The number of carboxylic acids is 1. The highest BCUT2D eigenvalue weighted by molar-refractivity contribution is 5.84. The second-order valence-electron chi connectivity index (χ2n) is 4.29. The monoisotopic (exact) mass is 293 g/mol. The van der Waals surface area contributed by atoms with Crippen LogP contribution in [0.3, 0.4) is 0 Å². The van der Waals surface area contributed by atoms with E-state index in [4.69, 9.17) is 9.52 Å². The van der Waals surface area contributed by atoms with Crippen molar-refractivity contribution in [3.8, 4) is 0 Å². The maximum atomic E-state index is 11.5. The molecule has 0 radical (unpaired) electrons. The van der Waals surface area contributed by atoms with E-state index in [9.17, 15) is 9.59 Å². The fourth-order valence-corrected chi connectivity index (χ4v) is 1.64. The highest BCUT2D eigenvalue weighted by Gasteiger charge is 2.09. The maximum Gasteiger partial charge on any atom is 0.371 e. The first-order valence-corrected chi connectivity index (χ1v) is 6.23. The minimum Gasteiger partial charge on any atom is -0.475 e. The van der Waals surface area contributed by atoms with Crippen molar-refractivity contribution in [1.82, 2.24) is 25.4 Å². The normalized spacial score (nSPS) is 10.3. The SMILES string of the molecule is Cn1cnnc1CCNC(=O)NCc1ccc(C(=O)O)o1. The first kappa shape index (κ1) is 14.6. The summed E-state index contributed by atoms with van der Waals surface area (Å²) in [5.41, 5.74) is 0. The van der Waals surface area contributed by atoms with E-state index >= 15 is 0 Å². The Kier molecular flexibility index (Phi) is 4.54. The average molecular weight is 293 g/mol. The number of aryl methyl sites for hydroxylation is 1. The molecule has 9 nitrogen and oxygen atoms in total. The predicted octanol–water partition coefficient (Wildman–Crippen LogP) is 0.148. The van der Waals surface area contributed by atoms with Crippen LogP contribution in [0.5, 0.6) is 0 Å². The second-order valence-corrected chi connectivity index (χ2v) is 4.29. The predicted molar refractivity (Wildman–Crippen MR) is 70.6 cm³/mol. The van der Waals surface area contributed by atoms with Gasteiger partial charge in [0, 0.05) is 20.0 Å². The summed E-state index contributed by atoms with van der Waals surface area (Å²) in [6.45, 7) is 0.528. The van der Waals surface area contributed by atoms with E-state index in [1.165, 1.54) is 12.1 Å². The van der Waals surface area contributed by atoms with Crippen molar-refractivity contribution in [3.05, 3.63) is 35.8 Å². The summed E-state index contributed by atoms with van der Waals surface area (Å²) in [6.07, 6.45) is 2.15. The summed E-state index contributed by atoms with van der Waals surface area (Å²) in [4.78, 5) is 22.2. The molecule has 0 spiro atoms. The van der Waals surface area contributed by atoms with Gasteiger partial charge < -0.3 is 24.7 Å². The van der Waals surface area contributed by atoms with Gasteiger partial charge in [-0.05, 0) is 12.1 Å². The van der Waals surface area contributed by atoms with Crippen LogP contribution in [0.4, 0.5) is 4.79 Å². The van der Waals surface area contributed by atoms with Gasteiger partial charge in [-0.3, -0.25) is 0 Å². The highest BCUT2D eigenvalue weighted by Crippen LogP contribution is 2.07. The van der Waals surface area contributed by atoms with E-state index in [-0.39, 0.29) is 18.3 Å². The van der Waals surface area contributed by atoms with Gasteiger partial charge in [0.25, 0.3) is 0 Å². The third-order valence-corrected chi connectivity index (χ3v) is 2.73. The van der Waals surface area contributed by atoms with Crippen molar-refractivity contribution in [1.29, 1.82) is 0 Å². The number of hydrogen-bond acceptors (Lipinski definition) is 5. The van der Waals surface area contributed by atoms with Gasteiger partial charge in [-0.25, -0.2) is 9.59 Å². The lowest BCUT2D eigenvalue weighted by atomic mass is 10.4. The zero-order chi connectivity index (χ0) is 15.2. The van der Waals surface area contributed by atoms with E-state index in [2.05, 4.69) is 20.8 Å². The molecule has 2 heterocycles. The van der Waals surface area contributed by atoms with Crippen molar-refractivity contribution in [2.24, 2.45) is 7.05 Å². The largest absolute Gasteiger partial charge is 0.475 e. The molecular weight excluding hydrogens is 278 g/mol. The van der Waals surface area contributed by atoms with Crippen molar-refractivity contribution in [2.75, 3.05) is 6.54 Å². The Labute approximate surface area is 120 Å². The van der Waals surface area contributed by atoms with Crippen LogP contribution in [-0.4, -0.2) is 38.4 Å². The molecule has 0 atom stereocenters. The Hall–Kier alpha value is -2.84. The van der Waals surface area contributed by atoms with Crippen LogP contribution in [0.15, 0.2) is 22.9 Å². The molecule has 2 aromatic rings. The standard InChI is InChI=1S/C12H15N5O4/c1-17-7-15-16-10(17)4-5-13-12(20)14-6-8-2-3-9(21-8)11(18)19/h2-3,7H,4-6H2,1H3,(H,18,19)(H2,13,14,20). The number of carbonyl (C=O) groups is 2. The van der Waals surface area contributed by atoms with E-state index in [0.717, 1.165) is 5.82 Å². The van der Waals surface area contributed by atoms with Crippen LogP contribution in [-0.2, 0) is 20.0 Å². The summed E-state index contributed by atoms with van der Waals surface area (Å²) >= 11 is 0. The number of rotatable bonds is 6. The van der Waals surface area contributed by atoms with Gasteiger partial charge in [-0.15, -0.1) is 10.2 Å². The first-order valence-electron chi connectivity index (χ1n) is 6.23. The number of amides is 2. The highest BCUT2D eigenvalue weighted by atomic mass is 16.4. The molecule has 3 N–H and O–H groups in total. The molecule has 0 bridgehead atoms. The van der Waals surface area contributed by atoms with Gasteiger partial charge in [-0.1, -0.05) is 0 Å². The van der Waals surface area contributed by atoms with Crippen LogP contribution in [0.25, 0.3) is 0 Å². The summed E-state index contributed by atoms with van der Waals surface area (Å²) in [7, 11) is 1.83. The Morgan fingerprint density at radius 2 is 2.19 bits per heavy atom. The molecule has 112 valence electrons. The topological polar surface area (TPSA) is 122 Å². The molecule has 21 heavy (non-hydrogen) atoms. The van der Waals surface area contributed by atoms with Crippen LogP contribution in [0, 0.1) is 0 Å². The molecular formula is C12H15N5O4. The number of aromatic carboxylic acids is 1. The Bertz CT molecular complexity index is 633. The molecule has 2 amide bonds. The summed E-state index contributed by atoms with van der Waals surface area (Å²) in [5, 5.41) is 21.6. The minimum absolute atomic E-state index is 0.114. The van der Waals surface area contributed by atoms with Crippen LogP contribution >= 0.6 is 0 Å². The van der Waals surface area contributed by atoms with Gasteiger partial charge in [0.1, 0.15) is 17.9 Å². The van der Waals surface area contributed by atoms with Crippen molar-refractivity contribution < 1.29 is 19.1 Å². The lowest BCUT2D eigenvalue weighted by molar-refractivity contribution is 0.0660. The van der Waals surface area contributed by atoms with E-state index in [0.29, 0.717) is 18.7 Å². The van der Waals surface area contributed by atoms with E-state index in [1.54, 1.807) is 10.9 Å².